The smallest absolute Gasteiger partial charge is 0.192 e. The van der Waals surface area contributed by atoms with Gasteiger partial charge < -0.3 is 4.98 Å². The number of nitrogens with zero attached hydrogens (tertiary/aromatic N) is 2. The molecule has 0 aromatic carbocycles. The van der Waals surface area contributed by atoms with Gasteiger partial charge >= 0.3 is 0 Å². The van der Waals surface area contributed by atoms with Crippen molar-refractivity contribution in [3.63, 3.8) is 0 Å². The summed E-state index contributed by atoms with van der Waals surface area (Å²) < 4.78 is 0. The number of hydrogen-bond donors (Lipinski definition) is 2. The first-order valence-corrected chi connectivity index (χ1v) is 4.94. The van der Waals surface area contributed by atoms with Crippen LogP contribution in [0.25, 0.3) is 11.4 Å². The van der Waals surface area contributed by atoms with Gasteiger partial charge in [-0.1, -0.05) is 0 Å². The fourth-order valence-corrected chi connectivity index (χ4v) is 1.53. The van der Waals surface area contributed by atoms with Crippen LogP contribution in [0.2, 0.25) is 0 Å². The quantitative estimate of drug-likeness (QED) is 0.764. The van der Waals surface area contributed by atoms with Crippen molar-refractivity contribution in [2.75, 3.05) is 0 Å². The summed E-state index contributed by atoms with van der Waals surface area (Å²) in [7, 11) is 0. The zero-order valence-corrected chi connectivity index (χ0v) is 8.03. The summed E-state index contributed by atoms with van der Waals surface area (Å²) in [4.78, 5) is 18.7. The van der Waals surface area contributed by atoms with Gasteiger partial charge in [-0.3, -0.25) is 9.89 Å². The van der Waals surface area contributed by atoms with Crippen molar-refractivity contribution in [2.45, 2.75) is 18.8 Å². The van der Waals surface area contributed by atoms with Gasteiger partial charge in [-0.2, -0.15) is 5.10 Å². The maximum atomic E-state index is 11.5. The molecule has 0 bridgehead atoms. The lowest BCUT2D eigenvalue weighted by molar-refractivity contribution is 0.935. The molecule has 15 heavy (non-hydrogen) atoms. The van der Waals surface area contributed by atoms with Crippen LogP contribution in [0.1, 0.15) is 24.6 Å². The lowest BCUT2D eigenvalue weighted by Crippen LogP contribution is -2.03. The summed E-state index contributed by atoms with van der Waals surface area (Å²) in [6.07, 6.45) is 5.56. The Morgan fingerprint density at radius 3 is 3.00 bits per heavy atom. The molecule has 0 spiro atoms. The highest BCUT2D eigenvalue weighted by molar-refractivity contribution is 5.52. The van der Waals surface area contributed by atoms with Gasteiger partial charge in [0.05, 0.1) is 5.56 Å². The maximum Gasteiger partial charge on any atom is 0.192 e. The normalized spacial score (nSPS) is 15.5. The highest BCUT2D eigenvalue weighted by Gasteiger charge is 2.27. The molecule has 2 N–H and O–H groups in total. The van der Waals surface area contributed by atoms with Crippen LogP contribution in [0.5, 0.6) is 0 Å². The molecule has 1 aliphatic rings. The summed E-state index contributed by atoms with van der Waals surface area (Å²) in [5.41, 5.74) is 0.454. The van der Waals surface area contributed by atoms with Crippen LogP contribution in [0.15, 0.2) is 23.3 Å². The lowest BCUT2D eigenvalue weighted by atomic mass is 10.2. The Morgan fingerprint density at radius 1 is 1.40 bits per heavy atom. The Balaban J connectivity index is 2.05. The molecule has 5 nitrogen and oxygen atoms in total. The van der Waals surface area contributed by atoms with E-state index in [4.69, 9.17) is 0 Å². The van der Waals surface area contributed by atoms with Crippen LogP contribution in [-0.2, 0) is 0 Å². The van der Waals surface area contributed by atoms with E-state index in [-0.39, 0.29) is 5.43 Å². The van der Waals surface area contributed by atoms with Crippen molar-refractivity contribution < 1.29 is 0 Å². The number of H-pyrrole nitrogens is 2. The molecule has 0 saturated heterocycles. The predicted octanol–water partition coefficient (Wildman–Crippen LogP) is 1.04. The van der Waals surface area contributed by atoms with Crippen LogP contribution >= 0.6 is 0 Å². The Hall–Kier alpha value is -1.91. The molecule has 2 heterocycles. The molecule has 2 aromatic rings. The summed E-state index contributed by atoms with van der Waals surface area (Å²) in [6, 6.07) is 1.47. The van der Waals surface area contributed by atoms with Gasteiger partial charge in [0.1, 0.15) is 5.82 Å². The van der Waals surface area contributed by atoms with Crippen LogP contribution in [0.3, 0.4) is 0 Å². The fraction of sp³-hybridized carbons (Fsp3) is 0.300. The SMILES string of the molecule is O=c1cc[nH]cc1-c1n[nH]c(C2CC2)n1. The first-order chi connectivity index (χ1) is 7.34. The van der Waals surface area contributed by atoms with Gasteiger partial charge in [-0.25, -0.2) is 4.98 Å². The first-order valence-electron chi connectivity index (χ1n) is 4.94. The number of rotatable bonds is 2. The Kier molecular flexibility index (Phi) is 1.71. The largest absolute Gasteiger partial charge is 0.367 e. The van der Waals surface area contributed by atoms with Gasteiger partial charge in [-0.05, 0) is 12.8 Å². The molecule has 2 aromatic heterocycles. The third-order valence-corrected chi connectivity index (χ3v) is 2.53. The fourth-order valence-electron chi connectivity index (χ4n) is 1.53. The van der Waals surface area contributed by atoms with Crippen molar-refractivity contribution in [1.29, 1.82) is 0 Å². The van der Waals surface area contributed by atoms with Gasteiger partial charge in [0.15, 0.2) is 11.3 Å². The predicted molar refractivity (Wildman–Crippen MR) is 54.4 cm³/mol. The number of hydrogen-bond acceptors (Lipinski definition) is 3. The van der Waals surface area contributed by atoms with Crippen LogP contribution in [0.4, 0.5) is 0 Å². The van der Waals surface area contributed by atoms with Gasteiger partial charge in [0, 0.05) is 24.4 Å². The third-order valence-electron chi connectivity index (χ3n) is 2.53. The molecule has 0 amide bonds. The highest BCUT2D eigenvalue weighted by atomic mass is 16.1. The minimum absolute atomic E-state index is 0.0601. The molecule has 5 heteroatoms. The van der Waals surface area contributed by atoms with Gasteiger partial charge in [0.2, 0.25) is 0 Å². The molecule has 1 aliphatic carbocycles. The summed E-state index contributed by atoms with van der Waals surface area (Å²) in [5.74, 6) is 1.90. The monoisotopic (exact) mass is 202 g/mol. The van der Waals surface area contributed by atoms with E-state index >= 15 is 0 Å². The zero-order valence-electron chi connectivity index (χ0n) is 8.03. The van der Waals surface area contributed by atoms with Crippen LogP contribution in [0, 0.1) is 0 Å². The standard InChI is InChI=1S/C10H10N4O/c15-8-3-4-11-5-7(8)10-12-9(13-14-10)6-1-2-6/h3-6H,1-2H2,(H,11,15)(H,12,13,14). The molecule has 1 fully saturated rings. The van der Waals surface area contributed by atoms with Crippen molar-refractivity contribution in [3.8, 4) is 11.4 Å². The molecule has 76 valence electrons. The average molecular weight is 202 g/mol. The molecular weight excluding hydrogens is 192 g/mol. The van der Waals surface area contributed by atoms with Crippen LogP contribution < -0.4 is 5.43 Å². The average Bonchev–Trinajstić information content (AvgIpc) is 2.99. The number of pyridine rings is 1. The molecular formula is C10H10N4O. The van der Waals surface area contributed by atoms with E-state index < -0.39 is 0 Å². The topological polar surface area (TPSA) is 74.4 Å². The second-order valence-corrected chi connectivity index (χ2v) is 3.74. The first kappa shape index (κ1) is 8.40. The van der Waals surface area contributed by atoms with E-state index in [1.807, 2.05) is 0 Å². The zero-order chi connectivity index (χ0) is 10.3. The summed E-state index contributed by atoms with van der Waals surface area (Å²) in [5, 5.41) is 6.93. The van der Waals surface area contributed by atoms with Crippen molar-refractivity contribution in [1.82, 2.24) is 20.2 Å². The van der Waals surface area contributed by atoms with Crippen molar-refractivity contribution >= 4 is 0 Å². The summed E-state index contributed by atoms with van der Waals surface area (Å²) >= 11 is 0. The Labute approximate surface area is 85.6 Å². The Morgan fingerprint density at radius 2 is 2.27 bits per heavy atom. The lowest BCUT2D eigenvalue weighted by Gasteiger charge is -1.91. The molecule has 0 aliphatic heterocycles. The molecule has 0 atom stereocenters. The van der Waals surface area contributed by atoms with E-state index in [1.165, 1.54) is 18.9 Å². The van der Waals surface area contributed by atoms with Crippen molar-refractivity contribution in [3.05, 3.63) is 34.5 Å². The van der Waals surface area contributed by atoms with E-state index in [9.17, 15) is 4.79 Å². The number of aromatic amines is 2. The molecule has 0 unspecified atom stereocenters. The Bertz CT molecular complexity index is 538. The maximum absolute atomic E-state index is 11.5. The van der Waals surface area contributed by atoms with Crippen molar-refractivity contribution in [2.24, 2.45) is 0 Å². The van der Waals surface area contributed by atoms with E-state index in [0.717, 1.165) is 5.82 Å². The second-order valence-electron chi connectivity index (χ2n) is 3.74. The third kappa shape index (κ3) is 1.45. The second kappa shape index (κ2) is 3.05. The van der Waals surface area contributed by atoms with E-state index in [1.54, 1.807) is 12.4 Å². The van der Waals surface area contributed by atoms with Crippen LogP contribution in [-0.4, -0.2) is 20.2 Å². The van der Waals surface area contributed by atoms with E-state index in [2.05, 4.69) is 20.2 Å². The number of aromatic nitrogens is 4. The minimum Gasteiger partial charge on any atom is -0.367 e. The highest BCUT2D eigenvalue weighted by Crippen LogP contribution is 2.38. The molecule has 3 rings (SSSR count). The molecule has 1 saturated carbocycles. The molecule has 0 radical (unpaired) electrons. The van der Waals surface area contributed by atoms with Gasteiger partial charge in [0.25, 0.3) is 0 Å². The minimum atomic E-state index is -0.0601. The van der Waals surface area contributed by atoms with E-state index in [0.29, 0.717) is 17.3 Å². The van der Waals surface area contributed by atoms with Gasteiger partial charge in [-0.15, -0.1) is 0 Å². The number of nitrogens with one attached hydrogen (secondary N) is 2. The summed E-state index contributed by atoms with van der Waals surface area (Å²) in [6.45, 7) is 0.